The molecular weight excluding hydrogens is 226 g/mol. The molecule has 1 aromatic rings. The van der Waals surface area contributed by atoms with Gasteiger partial charge in [-0.25, -0.2) is 0 Å². The van der Waals surface area contributed by atoms with E-state index in [4.69, 9.17) is 0 Å². The number of hydrogen-bond donors (Lipinski definition) is 1. The smallest absolute Gasteiger partial charge is 0.0440 e. The van der Waals surface area contributed by atoms with Crippen molar-refractivity contribution >= 4 is 11.8 Å². The number of nitrogens with one attached hydrogen (secondary N) is 1. The molecule has 1 fully saturated rings. The predicted molar refractivity (Wildman–Crippen MR) is 77.8 cm³/mol. The Bertz CT molecular complexity index is 369. The fourth-order valence-corrected chi connectivity index (χ4v) is 4.23. The van der Waals surface area contributed by atoms with E-state index in [2.05, 4.69) is 56.2 Å². The summed E-state index contributed by atoms with van der Waals surface area (Å²) < 4.78 is 0. The second-order valence-electron chi connectivity index (χ2n) is 5.03. The summed E-state index contributed by atoms with van der Waals surface area (Å²) in [5.74, 6) is 1.33. The van der Waals surface area contributed by atoms with Crippen LogP contribution in [0, 0.1) is 13.8 Å². The highest BCUT2D eigenvalue weighted by molar-refractivity contribution is 8.00. The van der Waals surface area contributed by atoms with Gasteiger partial charge in [0.05, 0.1) is 0 Å². The number of aryl methyl sites for hydroxylation is 2. The standard InChI is InChI=1S/C15H23NS/c1-11-7-8-13(12(2)10-11)15(16-3)14-6-4-5-9-17-14/h7-8,10,14-16H,4-6,9H2,1-3H3. The lowest BCUT2D eigenvalue weighted by atomic mass is 9.94. The summed E-state index contributed by atoms with van der Waals surface area (Å²) in [5.41, 5.74) is 4.27. The molecule has 1 aliphatic rings. The van der Waals surface area contributed by atoms with Crippen molar-refractivity contribution in [2.24, 2.45) is 0 Å². The molecule has 0 bridgehead atoms. The summed E-state index contributed by atoms with van der Waals surface area (Å²) in [6.07, 6.45) is 4.13. The lowest BCUT2D eigenvalue weighted by Gasteiger charge is -2.31. The molecule has 2 rings (SSSR count). The average molecular weight is 249 g/mol. The van der Waals surface area contributed by atoms with Crippen LogP contribution in [-0.4, -0.2) is 18.1 Å². The monoisotopic (exact) mass is 249 g/mol. The second kappa shape index (κ2) is 5.92. The Morgan fingerprint density at radius 3 is 2.71 bits per heavy atom. The fraction of sp³-hybridized carbons (Fsp3) is 0.600. The zero-order valence-electron chi connectivity index (χ0n) is 11.1. The van der Waals surface area contributed by atoms with E-state index >= 15 is 0 Å². The molecule has 2 heteroatoms. The highest BCUT2D eigenvalue weighted by Crippen LogP contribution is 2.35. The van der Waals surface area contributed by atoms with Crippen LogP contribution in [0.5, 0.6) is 0 Å². The first-order chi connectivity index (χ1) is 8.22. The first-order valence-electron chi connectivity index (χ1n) is 6.58. The van der Waals surface area contributed by atoms with Gasteiger partial charge in [0.25, 0.3) is 0 Å². The average Bonchev–Trinajstić information content (AvgIpc) is 2.34. The van der Waals surface area contributed by atoms with Gasteiger partial charge in [-0.2, -0.15) is 11.8 Å². The van der Waals surface area contributed by atoms with Gasteiger partial charge in [0, 0.05) is 11.3 Å². The minimum absolute atomic E-state index is 0.515. The van der Waals surface area contributed by atoms with Crippen molar-refractivity contribution in [2.75, 3.05) is 12.8 Å². The van der Waals surface area contributed by atoms with Gasteiger partial charge in [-0.3, -0.25) is 0 Å². The number of hydrogen-bond acceptors (Lipinski definition) is 2. The van der Waals surface area contributed by atoms with Crippen molar-refractivity contribution in [3.05, 3.63) is 34.9 Å². The molecule has 0 aromatic heterocycles. The molecule has 1 heterocycles. The van der Waals surface area contributed by atoms with Crippen LogP contribution in [0.2, 0.25) is 0 Å². The summed E-state index contributed by atoms with van der Waals surface area (Å²) in [7, 11) is 2.10. The van der Waals surface area contributed by atoms with Crippen molar-refractivity contribution < 1.29 is 0 Å². The highest BCUT2D eigenvalue weighted by Gasteiger charge is 2.25. The Hall–Kier alpha value is -0.470. The molecule has 17 heavy (non-hydrogen) atoms. The summed E-state index contributed by atoms with van der Waals surface area (Å²) in [5, 5.41) is 4.27. The maximum Gasteiger partial charge on any atom is 0.0440 e. The first kappa shape index (κ1) is 13.0. The van der Waals surface area contributed by atoms with E-state index in [0.717, 1.165) is 5.25 Å². The fourth-order valence-electron chi connectivity index (χ4n) is 2.74. The van der Waals surface area contributed by atoms with Crippen molar-refractivity contribution in [1.29, 1.82) is 0 Å². The topological polar surface area (TPSA) is 12.0 Å². The van der Waals surface area contributed by atoms with E-state index in [-0.39, 0.29) is 0 Å². The molecule has 0 aliphatic carbocycles. The maximum absolute atomic E-state index is 3.53. The van der Waals surface area contributed by atoms with Crippen molar-refractivity contribution in [1.82, 2.24) is 5.32 Å². The quantitative estimate of drug-likeness (QED) is 0.873. The van der Waals surface area contributed by atoms with E-state index in [9.17, 15) is 0 Å². The van der Waals surface area contributed by atoms with Gasteiger partial charge in [-0.1, -0.05) is 30.2 Å². The molecule has 0 radical (unpaired) electrons. The van der Waals surface area contributed by atoms with Gasteiger partial charge >= 0.3 is 0 Å². The van der Waals surface area contributed by atoms with Crippen LogP contribution < -0.4 is 5.32 Å². The van der Waals surface area contributed by atoms with Gasteiger partial charge in [0.2, 0.25) is 0 Å². The minimum Gasteiger partial charge on any atom is -0.312 e. The summed E-state index contributed by atoms with van der Waals surface area (Å²) >= 11 is 2.14. The summed E-state index contributed by atoms with van der Waals surface area (Å²) in [6.45, 7) is 4.40. The molecule has 1 saturated heterocycles. The zero-order valence-corrected chi connectivity index (χ0v) is 11.9. The zero-order chi connectivity index (χ0) is 12.3. The molecule has 1 aromatic carbocycles. The Morgan fingerprint density at radius 1 is 1.29 bits per heavy atom. The van der Waals surface area contributed by atoms with Crippen molar-refractivity contribution in [3.8, 4) is 0 Å². The second-order valence-corrected chi connectivity index (χ2v) is 6.38. The van der Waals surface area contributed by atoms with Gasteiger partial charge < -0.3 is 5.32 Å². The third-order valence-electron chi connectivity index (χ3n) is 3.66. The Labute approximate surface area is 109 Å². The lowest BCUT2D eigenvalue weighted by molar-refractivity contribution is 0.514. The molecule has 2 unspecified atom stereocenters. The van der Waals surface area contributed by atoms with Crippen molar-refractivity contribution in [2.45, 2.75) is 44.4 Å². The lowest BCUT2D eigenvalue weighted by Crippen LogP contribution is -2.29. The molecule has 1 aliphatic heterocycles. The SMILES string of the molecule is CNC(c1ccc(C)cc1C)C1CCCCS1. The molecule has 0 amide bonds. The molecule has 0 spiro atoms. The van der Waals surface area contributed by atoms with Gasteiger partial charge in [0.1, 0.15) is 0 Å². The Balaban J connectivity index is 2.21. The molecule has 0 saturated carbocycles. The van der Waals surface area contributed by atoms with Crippen LogP contribution in [0.25, 0.3) is 0 Å². The summed E-state index contributed by atoms with van der Waals surface area (Å²) in [4.78, 5) is 0. The predicted octanol–water partition coefficient (Wildman–Crippen LogP) is 3.85. The van der Waals surface area contributed by atoms with E-state index < -0.39 is 0 Å². The van der Waals surface area contributed by atoms with E-state index in [1.165, 1.54) is 41.7 Å². The molecular formula is C15H23NS. The first-order valence-corrected chi connectivity index (χ1v) is 7.63. The largest absolute Gasteiger partial charge is 0.312 e. The Morgan fingerprint density at radius 2 is 2.12 bits per heavy atom. The maximum atomic E-state index is 3.53. The molecule has 1 nitrogen and oxygen atoms in total. The van der Waals surface area contributed by atoms with Crippen molar-refractivity contribution in [3.63, 3.8) is 0 Å². The third-order valence-corrected chi connectivity index (χ3v) is 5.12. The van der Waals surface area contributed by atoms with Crippen LogP contribution in [0.1, 0.15) is 42.0 Å². The van der Waals surface area contributed by atoms with E-state index in [1.807, 2.05) is 0 Å². The normalized spacial score (nSPS) is 22.4. The van der Waals surface area contributed by atoms with Crippen LogP contribution in [0.4, 0.5) is 0 Å². The molecule has 94 valence electrons. The summed E-state index contributed by atoms with van der Waals surface area (Å²) in [6, 6.07) is 7.36. The highest BCUT2D eigenvalue weighted by atomic mass is 32.2. The number of rotatable bonds is 3. The van der Waals surface area contributed by atoms with Gasteiger partial charge in [-0.05, 0) is 50.6 Å². The third kappa shape index (κ3) is 3.05. The van der Waals surface area contributed by atoms with Crippen LogP contribution in [-0.2, 0) is 0 Å². The van der Waals surface area contributed by atoms with Crippen LogP contribution >= 0.6 is 11.8 Å². The minimum atomic E-state index is 0.515. The molecule has 2 atom stereocenters. The van der Waals surface area contributed by atoms with E-state index in [1.54, 1.807) is 0 Å². The molecule has 1 N–H and O–H groups in total. The van der Waals surface area contributed by atoms with Gasteiger partial charge in [0.15, 0.2) is 0 Å². The van der Waals surface area contributed by atoms with Crippen LogP contribution in [0.3, 0.4) is 0 Å². The number of thioether (sulfide) groups is 1. The van der Waals surface area contributed by atoms with E-state index in [0.29, 0.717) is 6.04 Å². The Kier molecular flexibility index (Phi) is 4.52. The van der Waals surface area contributed by atoms with Gasteiger partial charge in [-0.15, -0.1) is 0 Å². The number of benzene rings is 1. The van der Waals surface area contributed by atoms with Crippen LogP contribution in [0.15, 0.2) is 18.2 Å².